The van der Waals surface area contributed by atoms with E-state index >= 15 is 0 Å². The van der Waals surface area contributed by atoms with Gasteiger partial charge in [0, 0.05) is 5.56 Å². The van der Waals surface area contributed by atoms with Gasteiger partial charge in [-0.15, -0.1) is 0 Å². The second-order valence-electron chi connectivity index (χ2n) is 6.04. The lowest BCUT2D eigenvalue weighted by Crippen LogP contribution is -2.21. The number of nitriles is 1. The van der Waals surface area contributed by atoms with Crippen LogP contribution in [0.1, 0.15) is 17.0 Å². The van der Waals surface area contributed by atoms with Gasteiger partial charge >= 0.3 is 0 Å². The van der Waals surface area contributed by atoms with Crippen molar-refractivity contribution in [3.63, 3.8) is 0 Å². The third kappa shape index (κ3) is 2.44. The SMILES string of the molecule is COc1ccc2c3c(ccc2c1)OC(N)=C(C#N)[C@H]3c1ccc(F)cc1. The minimum atomic E-state index is -0.429. The van der Waals surface area contributed by atoms with Crippen molar-refractivity contribution in [1.29, 1.82) is 5.26 Å². The fourth-order valence-electron chi connectivity index (χ4n) is 3.39. The molecular formula is C21H15FN2O2. The lowest BCUT2D eigenvalue weighted by Gasteiger charge is -2.28. The van der Waals surface area contributed by atoms with Crippen LogP contribution in [-0.4, -0.2) is 7.11 Å². The lowest BCUT2D eigenvalue weighted by molar-refractivity contribution is 0.395. The van der Waals surface area contributed by atoms with Crippen molar-refractivity contribution in [2.75, 3.05) is 7.11 Å². The third-order valence-corrected chi connectivity index (χ3v) is 4.62. The van der Waals surface area contributed by atoms with Crippen molar-refractivity contribution in [3.8, 4) is 17.6 Å². The molecule has 0 fully saturated rings. The summed E-state index contributed by atoms with van der Waals surface area (Å²) in [6.45, 7) is 0. The lowest BCUT2D eigenvalue weighted by atomic mass is 9.81. The van der Waals surface area contributed by atoms with E-state index in [1.54, 1.807) is 19.2 Å². The van der Waals surface area contributed by atoms with Crippen molar-refractivity contribution < 1.29 is 13.9 Å². The van der Waals surface area contributed by atoms with Gasteiger partial charge in [0.05, 0.1) is 13.0 Å². The Bertz CT molecular complexity index is 1080. The summed E-state index contributed by atoms with van der Waals surface area (Å²) in [5.74, 6) is 0.638. The molecule has 0 unspecified atom stereocenters. The number of rotatable bonds is 2. The van der Waals surface area contributed by atoms with Gasteiger partial charge in [-0.1, -0.05) is 24.3 Å². The molecule has 1 heterocycles. The molecule has 3 aromatic carbocycles. The third-order valence-electron chi connectivity index (χ3n) is 4.62. The molecule has 4 nitrogen and oxygen atoms in total. The number of methoxy groups -OCH3 is 1. The van der Waals surface area contributed by atoms with Crippen molar-refractivity contribution >= 4 is 10.8 Å². The molecule has 1 aliphatic rings. The Kier molecular flexibility index (Phi) is 3.74. The molecule has 1 aliphatic heterocycles. The summed E-state index contributed by atoms with van der Waals surface area (Å²) in [7, 11) is 1.61. The van der Waals surface area contributed by atoms with Gasteiger partial charge < -0.3 is 15.2 Å². The number of hydrogen-bond acceptors (Lipinski definition) is 4. The quantitative estimate of drug-likeness (QED) is 0.755. The van der Waals surface area contributed by atoms with E-state index < -0.39 is 5.92 Å². The van der Waals surface area contributed by atoms with Crippen LogP contribution in [0.15, 0.2) is 66.1 Å². The number of nitrogens with two attached hydrogens (primary N) is 1. The van der Waals surface area contributed by atoms with Gasteiger partial charge in [0.25, 0.3) is 0 Å². The number of halogens is 1. The van der Waals surface area contributed by atoms with Crippen molar-refractivity contribution in [3.05, 3.63) is 83.0 Å². The fraction of sp³-hybridized carbons (Fsp3) is 0.0952. The van der Waals surface area contributed by atoms with Crippen LogP contribution in [-0.2, 0) is 0 Å². The molecule has 0 spiro atoms. The molecule has 128 valence electrons. The summed E-state index contributed by atoms with van der Waals surface area (Å²) in [6.07, 6.45) is 0. The smallest absolute Gasteiger partial charge is 0.205 e. The fourth-order valence-corrected chi connectivity index (χ4v) is 3.39. The van der Waals surface area contributed by atoms with E-state index in [0.29, 0.717) is 11.3 Å². The van der Waals surface area contributed by atoms with Crippen LogP contribution in [0, 0.1) is 17.1 Å². The molecule has 26 heavy (non-hydrogen) atoms. The van der Waals surface area contributed by atoms with Gasteiger partial charge in [-0.25, -0.2) is 4.39 Å². The Morgan fingerprint density at radius 3 is 2.58 bits per heavy atom. The predicted octanol–water partition coefficient (Wildman–Crippen LogP) is 4.21. The normalized spacial score (nSPS) is 16.0. The van der Waals surface area contributed by atoms with Gasteiger partial charge in [0.2, 0.25) is 5.88 Å². The summed E-state index contributed by atoms with van der Waals surface area (Å²) in [5.41, 5.74) is 7.92. The molecule has 0 aromatic heterocycles. The molecule has 0 bridgehead atoms. The van der Waals surface area contributed by atoms with E-state index in [1.807, 2.05) is 30.3 Å². The average Bonchev–Trinajstić information content (AvgIpc) is 2.67. The van der Waals surface area contributed by atoms with Gasteiger partial charge in [-0.3, -0.25) is 0 Å². The van der Waals surface area contributed by atoms with Crippen LogP contribution in [0.5, 0.6) is 11.5 Å². The summed E-state index contributed by atoms with van der Waals surface area (Å²) < 4.78 is 24.4. The van der Waals surface area contributed by atoms with Gasteiger partial charge in [-0.2, -0.15) is 5.26 Å². The molecule has 0 amide bonds. The Balaban J connectivity index is 2.02. The molecule has 0 aliphatic carbocycles. The first-order valence-corrected chi connectivity index (χ1v) is 8.06. The van der Waals surface area contributed by atoms with Crippen molar-refractivity contribution in [1.82, 2.24) is 0 Å². The standard InChI is InChI=1S/C21H15FN2O2/c1-25-15-7-8-16-13(10-15)4-9-18-20(16)19(17(11-23)21(24)26-18)12-2-5-14(22)6-3-12/h2-10,19H,24H2,1H3/t19-/m1/s1. The van der Waals surface area contributed by atoms with Crippen LogP contribution in [0.3, 0.4) is 0 Å². The van der Waals surface area contributed by atoms with Gasteiger partial charge in [0.15, 0.2) is 0 Å². The summed E-state index contributed by atoms with van der Waals surface area (Å²) >= 11 is 0. The monoisotopic (exact) mass is 346 g/mol. The molecule has 2 N–H and O–H groups in total. The van der Waals surface area contributed by atoms with Crippen LogP contribution in [0.2, 0.25) is 0 Å². The van der Waals surface area contributed by atoms with Gasteiger partial charge in [-0.05, 0) is 46.7 Å². The highest BCUT2D eigenvalue weighted by atomic mass is 19.1. The Morgan fingerprint density at radius 1 is 1.12 bits per heavy atom. The van der Waals surface area contributed by atoms with Crippen LogP contribution in [0.25, 0.3) is 10.8 Å². The first-order valence-electron chi connectivity index (χ1n) is 8.06. The second kappa shape index (κ2) is 6.08. The van der Waals surface area contributed by atoms with Crippen LogP contribution >= 0.6 is 0 Å². The number of hydrogen-bond donors (Lipinski definition) is 1. The molecule has 0 radical (unpaired) electrons. The molecule has 1 atom stereocenters. The van der Waals surface area contributed by atoms with E-state index in [-0.39, 0.29) is 11.7 Å². The van der Waals surface area contributed by atoms with E-state index in [0.717, 1.165) is 27.6 Å². The molecule has 0 saturated heterocycles. The van der Waals surface area contributed by atoms with E-state index in [2.05, 4.69) is 6.07 Å². The number of nitrogens with zero attached hydrogens (tertiary/aromatic N) is 1. The van der Waals surface area contributed by atoms with Gasteiger partial charge in [0.1, 0.15) is 29.0 Å². The van der Waals surface area contributed by atoms with E-state index in [1.165, 1.54) is 12.1 Å². The number of allylic oxidation sites excluding steroid dienone is 1. The summed E-state index contributed by atoms with van der Waals surface area (Å²) in [6, 6.07) is 17.7. The number of ether oxygens (including phenoxy) is 2. The van der Waals surface area contributed by atoms with Crippen LogP contribution in [0.4, 0.5) is 4.39 Å². The largest absolute Gasteiger partial charge is 0.497 e. The summed E-state index contributed by atoms with van der Waals surface area (Å²) in [4.78, 5) is 0. The molecule has 3 aromatic rings. The highest BCUT2D eigenvalue weighted by molar-refractivity contribution is 5.91. The Morgan fingerprint density at radius 2 is 1.88 bits per heavy atom. The first kappa shape index (κ1) is 16.0. The zero-order valence-electron chi connectivity index (χ0n) is 14.0. The minimum absolute atomic E-state index is 0.0715. The maximum absolute atomic E-state index is 13.4. The Hall–Kier alpha value is -3.52. The molecular weight excluding hydrogens is 331 g/mol. The zero-order valence-corrected chi connectivity index (χ0v) is 14.0. The highest BCUT2D eigenvalue weighted by Gasteiger charge is 2.32. The summed E-state index contributed by atoms with van der Waals surface area (Å²) in [5, 5.41) is 11.5. The second-order valence-corrected chi connectivity index (χ2v) is 6.04. The van der Waals surface area contributed by atoms with E-state index in [9.17, 15) is 9.65 Å². The Labute approximate surface area is 149 Å². The topological polar surface area (TPSA) is 68.3 Å². The minimum Gasteiger partial charge on any atom is -0.497 e. The van der Waals surface area contributed by atoms with Crippen molar-refractivity contribution in [2.24, 2.45) is 5.73 Å². The molecule has 4 rings (SSSR count). The molecule has 5 heteroatoms. The van der Waals surface area contributed by atoms with Crippen molar-refractivity contribution in [2.45, 2.75) is 5.92 Å². The average molecular weight is 346 g/mol. The first-order chi connectivity index (χ1) is 12.6. The maximum atomic E-state index is 13.4. The van der Waals surface area contributed by atoms with E-state index in [4.69, 9.17) is 15.2 Å². The zero-order chi connectivity index (χ0) is 18.3. The predicted molar refractivity (Wildman–Crippen MR) is 96.2 cm³/mol. The highest BCUT2D eigenvalue weighted by Crippen LogP contribution is 2.45. The number of fused-ring (bicyclic) bond motifs is 3. The maximum Gasteiger partial charge on any atom is 0.205 e. The number of benzene rings is 3. The van der Waals surface area contributed by atoms with Crippen LogP contribution < -0.4 is 15.2 Å². The molecule has 0 saturated carbocycles.